The molecule has 0 radical (unpaired) electrons. The number of ether oxygens (including phenoxy) is 1. The highest BCUT2D eigenvalue weighted by Crippen LogP contribution is 2.09. The molecule has 1 aromatic rings. The average Bonchev–Trinajstić information content (AvgIpc) is 2.58. The molecule has 0 spiro atoms. The van der Waals surface area contributed by atoms with E-state index in [9.17, 15) is 4.79 Å². The third-order valence-electron chi connectivity index (χ3n) is 1.20. The van der Waals surface area contributed by atoms with E-state index in [1.165, 1.54) is 0 Å². The van der Waals surface area contributed by atoms with Gasteiger partial charge in [0, 0.05) is 11.5 Å². The van der Waals surface area contributed by atoms with Crippen molar-refractivity contribution < 1.29 is 14.6 Å². The van der Waals surface area contributed by atoms with Crippen LogP contribution < -0.4 is 0 Å². The highest BCUT2D eigenvalue weighted by Gasteiger charge is 2.02. The summed E-state index contributed by atoms with van der Waals surface area (Å²) in [6.07, 6.45) is 0.408. The van der Waals surface area contributed by atoms with Crippen LogP contribution in [0.2, 0.25) is 0 Å². The van der Waals surface area contributed by atoms with Crippen LogP contribution in [0.1, 0.15) is 18.7 Å². The second-order valence-electron chi connectivity index (χ2n) is 2.38. The lowest BCUT2D eigenvalue weighted by molar-refractivity contribution is -0.142. The summed E-state index contributed by atoms with van der Waals surface area (Å²) in [5, 5.41) is 9.52. The third kappa shape index (κ3) is 6.62. The van der Waals surface area contributed by atoms with E-state index in [1.54, 1.807) is 18.3 Å². The van der Waals surface area contributed by atoms with Gasteiger partial charge in [-0.2, -0.15) is 0 Å². The Morgan fingerprint density at radius 3 is 2.64 bits per heavy atom. The Balaban J connectivity index is 0.000000500. The normalized spacial score (nSPS) is 8.79. The Kier molecular flexibility index (Phi) is 8.17. The topological polar surface area (TPSA) is 46.5 Å². The average molecular weight is 216 g/mol. The van der Waals surface area contributed by atoms with Crippen LogP contribution in [0.5, 0.6) is 0 Å². The Morgan fingerprint density at radius 2 is 2.21 bits per heavy atom. The molecule has 0 bridgehead atoms. The van der Waals surface area contributed by atoms with Gasteiger partial charge in [-0.1, -0.05) is 6.07 Å². The van der Waals surface area contributed by atoms with Crippen LogP contribution in [0.4, 0.5) is 0 Å². The Hall–Kier alpha value is -0.870. The molecule has 0 fully saturated rings. The second-order valence-corrected chi connectivity index (χ2v) is 3.41. The van der Waals surface area contributed by atoms with E-state index in [1.807, 2.05) is 24.4 Å². The summed E-state index contributed by atoms with van der Waals surface area (Å²) < 4.78 is 4.78. The fraction of sp³-hybridized carbons (Fsp3) is 0.500. The summed E-state index contributed by atoms with van der Waals surface area (Å²) in [6.45, 7) is 4.20. The first-order chi connectivity index (χ1) is 6.74. The summed E-state index contributed by atoms with van der Waals surface area (Å²) in [4.78, 5) is 12.0. The zero-order valence-electron chi connectivity index (χ0n) is 8.53. The van der Waals surface area contributed by atoms with Gasteiger partial charge in [0.25, 0.3) is 0 Å². The number of hydrogen-bond donors (Lipinski definition) is 1. The molecule has 0 aliphatic heterocycles. The van der Waals surface area contributed by atoms with Crippen molar-refractivity contribution in [2.45, 2.75) is 20.3 Å². The molecule has 3 nitrogen and oxygen atoms in total. The zero-order valence-corrected chi connectivity index (χ0v) is 9.34. The van der Waals surface area contributed by atoms with Crippen LogP contribution in [0.15, 0.2) is 17.5 Å². The quantitative estimate of drug-likeness (QED) is 0.784. The van der Waals surface area contributed by atoms with Gasteiger partial charge in [0.2, 0.25) is 0 Å². The Labute approximate surface area is 88.3 Å². The predicted octanol–water partition coefficient (Wildman–Crippen LogP) is 1.85. The van der Waals surface area contributed by atoms with Crippen LogP contribution in [-0.4, -0.2) is 24.3 Å². The molecule has 0 aliphatic carbocycles. The van der Waals surface area contributed by atoms with Crippen molar-refractivity contribution in [2.75, 3.05) is 13.2 Å². The van der Waals surface area contributed by atoms with Crippen molar-refractivity contribution >= 4 is 17.3 Å². The van der Waals surface area contributed by atoms with Gasteiger partial charge >= 0.3 is 5.97 Å². The Bertz CT molecular complexity index is 232. The number of carbonyl (C=O) groups is 1. The predicted molar refractivity (Wildman–Crippen MR) is 57.4 cm³/mol. The third-order valence-corrected chi connectivity index (χ3v) is 2.08. The first kappa shape index (κ1) is 13.1. The summed E-state index contributed by atoms with van der Waals surface area (Å²) in [7, 11) is 0. The second kappa shape index (κ2) is 8.72. The minimum absolute atomic E-state index is 0.144. The first-order valence-corrected chi connectivity index (χ1v) is 5.41. The van der Waals surface area contributed by atoms with Gasteiger partial charge in [0.15, 0.2) is 0 Å². The number of thiophene rings is 1. The minimum atomic E-state index is -0.144. The minimum Gasteiger partial charge on any atom is -0.466 e. The van der Waals surface area contributed by atoms with Crippen molar-refractivity contribution in [1.82, 2.24) is 0 Å². The maximum atomic E-state index is 10.9. The van der Waals surface area contributed by atoms with Crippen LogP contribution in [0.3, 0.4) is 0 Å². The van der Waals surface area contributed by atoms with Crippen LogP contribution >= 0.6 is 11.3 Å². The van der Waals surface area contributed by atoms with Crippen molar-refractivity contribution in [3.8, 4) is 0 Å². The number of carbonyl (C=O) groups excluding carboxylic acids is 1. The van der Waals surface area contributed by atoms with E-state index in [4.69, 9.17) is 9.84 Å². The fourth-order valence-corrected chi connectivity index (χ4v) is 1.46. The number of hydrogen-bond acceptors (Lipinski definition) is 4. The summed E-state index contributed by atoms with van der Waals surface area (Å²) >= 11 is 1.58. The molecule has 1 N–H and O–H groups in total. The van der Waals surface area contributed by atoms with Gasteiger partial charge in [-0.3, -0.25) is 4.79 Å². The smallest absolute Gasteiger partial charge is 0.311 e. The van der Waals surface area contributed by atoms with E-state index >= 15 is 0 Å². The van der Waals surface area contributed by atoms with E-state index in [0.717, 1.165) is 4.88 Å². The first-order valence-electron chi connectivity index (χ1n) is 4.53. The summed E-state index contributed by atoms with van der Waals surface area (Å²) in [6, 6.07) is 3.86. The molecule has 14 heavy (non-hydrogen) atoms. The van der Waals surface area contributed by atoms with Gasteiger partial charge in [-0.05, 0) is 25.3 Å². The molecule has 0 aliphatic rings. The molecule has 0 saturated heterocycles. The van der Waals surface area contributed by atoms with Crippen molar-refractivity contribution in [1.29, 1.82) is 0 Å². The highest BCUT2D eigenvalue weighted by atomic mass is 32.1. The molecule has 4 heteroatoms. The van der Waals surface area contributed by atoms with E-state index in [-0.39, 0.29) is 12.6 Å². The lowest BCUT2D eigenvalue weighted by atomic mass is 10.3. The van der Waals surface area contributed by atoms with E-state index in [0.29, 0.717) is 13.0 Å². The molecule has 0 atom stereocenters. The van der Waals surface area contributed by atoms with E-state index in [2.05, 4.69) is 0 Å². The van der Waals surface area contributed by atoms with Gasteiger partial charge in [-0.15, -0.1) is 11.3 Å². The van der Waals surface area contributed by atoms with Crippen molar-refractivity contribution in [2.24, 2.45) is 0 Å². The molecule has 1 heterocycles. The molecule has 0 unspecified atom stereocenters. The van der Waals surface area contributed by atoms with Crippen LogP contribution in [0, 0.1) is 0 Å². The highest BCUT2D eigenvalue weighted by molar-refractivity contribution is 7.10. The number of aliphatic hydroxyl groups excluding tert-OH is 1. The van der Waals surface area contributed by atoms with Crippen molar-refractivity contribution in [3.05, 3.63) is 22.4 Å². The van der Waals surface area contributed by atoms with Gasteiger partial charge < -0.3 is 9.84 Å². The van der Waals surface area contributed by atoms with Gasteiger partial charge in [-0.25, -0.2) is 0 Å². The van der Waals surface area contributed by atoms with Gasteiger partial charge in [0.1, 0.15) is 0 Å². The molecule has 1 aromatic heterocycles. The molecule has 0 amide bonds. The largest absolute Gasteiger partial charge is 0.466 e. The molecule has 0 aromatic carbocycles. The molecule has 80 valence electrons. The lowest BCUT2D eigenvalue weighted by Gasteiger charge is -1.97. The molecular weight excluding hydrogens is 200 g/mol. The number of rotatable bonds is 3. The van der Waals surface area contributed by atoms with Crippen molar-refractivity contribution in [3.63, 3.8) is 0 Å². The fourth-order valence-electron chi connectivity index (χ4n) is 0.767. The lowest BCUT2D eigenvalue weighted by Crippen LogP contribution is -2.05. The molecule has 0 saturated carbocycles. The molecular formula is C10H16O3S. The Morgan fingerprint density at radius 1 is 1.57 bits per heavy atom. The molecule has 1 rings (SSSR count). The maximum Gasteiger partial charge on any atom is 0.311 e. The maximum absolute atomic E-state index is 10.9. The number of esters is 1. The number of aliphatic hydroxyl groups is 1. The van der Waals surface area contributed by atoms with E-state index < -0.39 is 0 Å². The van der Waals surface area contributed by atoms with Gasteiger partial charge in [0.05, 0.1) is 13.0 Å². The standard InChI is InChI=1S/C8H10O2S.C2H6O/c1-2-10-8(9)6-7-4-3-5-11-7;1-2-3/h3-5H,2,6H2,1H3;3H,2H2,1H3. The van der Waals surface area contributed by atoms with Crippen LogP contribution in [-0.2, 0) is 16.0 Å². The SMILES string of the molecule is CCO.CCOC(=O)Cc1cccs1. The summed E-state index contributed by atoms with van der Waals surface area (Å²) in [5.41, 5.74) is 0. The zero-order chi connectivity index (χ0) is 10.8. The summed E-state index contributed by atoms with van der Waals surface area (Å²) in [5.74, 6) is -0.144. The monoisotopic (exact) mass is 216 g/mol. The van der Waals surface area contributed by atoms with Crippen LogP contribution in [0.25, 0.3) is 0 Å².